The SMILES string of the molecule is [B]C1CCCc2ccccc2CCC1. The molecule has 2 rings (SSSR count). The predicted molar refractivity (Wildman–Crippen MR) is 61.8 cm³/mol. The highest BCUT2D eigenvalue weighted by molar-refractivity contribution is 6.11. The fourth-order valence-corrected chi connectivity index (χ4v) is 2.30. The monoisotopic (exact) mass is 184 g/mol. The molecular weight excluding hydrogens is 167 g/mol. The van der Waals surface area contributed by atoms with E-state index in [2.05, 4.69) is 24.3 Å². The van der Waals surface area contributed by atoms with Gasteiger partial charge in [-0.25, -0.2) is 0 Å². The lowest BCUT2D eigenvalue weighted by Gasteiger charge is -2.07. The van der Waals surface area contributed by atoms with Gasteiger partial charge in [-0.3, -0.25) is 0 Å². The lowest BCUT2D eigenvalue weighted by Crippen LogP contribution is -1.92. The van der Waals surface area contributed by atoms with Crippen LogP contribution in [0.4, 0.5) is 0 Å². The lowest BCUT2D eigenvalue weighted by molar-refractivity contribution is 0.628. The van der Waals surface area contributed by atoms with Crippen LogP contribution in [0.25, 0.3) is 0 Å². The zero-order valence-corrected chi connectivity index (χ0v) is 8.71. The van der Waals surface area contributed by atoms with Gasteiger partial charge in [-0.2, -0.15) is 0 Å². The van der Waals surface area contributed by atoms with E-state index in [-0.39, 0.29) is 0 Å². The van der Waals surface area contributed by atoms with Crippen molar-refractivity contribution in [1.29, 1.82) is 0 Å². The molecule has 0 fully saturated rings. The van der Waals surface area contributed by atoms with Crippen molar-refractivity contribution in [3.8, 4) is 0 Å². The summed E-state index contributed by atoms with van der Waals surface area (Å²) in [5, 5.41) is 0. The van der Waals surface area contributed by atoms with Crippen molar-refractivity contribution >= 4 is 7.85 Å². The van der Waals surface area contributed by atoms with Gasteiger partial charge in [-0.05, 0) is 36.8 Å². The molecule has 0 heterocycles. The van der Waals surface area contributed by atoms with Crippen molar-refractivity contribution in [2.45, 2.75) is 44.3 Å². The molecule has 0 unspecified atom stereocenters. The third kappa shape index (κ3) is 2.40. The number of benzene rings is 1. The highest BCUT2D eigenvalue weighted by atomic mass is 14.1. The average molecular weight is 184 g/mol. The van der Waals surface area contributed by atoms with Crippen LogP contribution in [-0.2, 0) is 12.8 Å². The van der Waals surface area contributed by atoms with Crippen molar-refractivity contribution in [2.75, 3.05) is 0 Å². The number of rotatable bonds is 0. The van der Waals surface area contributed by atoms with Gasteiger partial charge in [0.2, 0.25) is 0 Å². The molecule has 0 bridgehead atoms. The van der Waals surface area contributed by atoms with Crippen molar-refractivity contribution in [2.24, 2.45) is 0 Å². The molecule has 2 radical (unpaired) electrons. The van der Waals surface area contributed by atoms with Crippen molar-refractivity contribution in [3.63, 3.8) is 0 Å². The Morgan fingerprint density at radius 1 is 0.929 bits per heavy atom. The summed E-state index contributed by atoms with van der Waals surface area (Å²) in [4.78, 5) is 0. The Morgan fingerprint density at radius 3 is 1.93 bits per heavy atom. The topological polar surface area (TPSA) is 0 Å². The summed E-state index contributed by atoms with van der Waals surface area (Å²) in [5.41, 5.74) is 3.09. The molecule has 0 nitrogen and oxygen atoms in total. The highest BCUT2D eigenvalue weighted by Crippen LogP contribution is 2.24. The van der Waals surface area contributed by atoms with Crippen LogP contribution in [0.1, 0.15) is 36.8 Å². The summed E-state index contributed by atoms with van der Waals surface area (Å²) in [6.07, 6.45) is 7.30. The van der Waals surface area contributed by atoms with Gasteiger partial charge in [0.15, 0.2) is 0 Å². The maximum absolute atomic E-state index is 6.01. The molecule has 0 spiro atoms. The number of hydrogen-bond acceptors (Lipinski definition) is 0. The van der Waals surface area contributed by atoms with E-state index in [4.69, 9.17) is 7.85 Å². The van der Waals surface area contributed by atoms with Crippen molar-refractivity contribution in [3.05, 3.63) is 35.4 Å². The van der Waals surface area contributed by atoms with Gasteiger partial charge in [0, 0.05) is 0 Å². The molecule has 0 aromatic heterocycles. The van der Waals surface area contributed by atoms with Gasteiger partial charge in [0.1, 0.15) is 0 Å². The molecule has 0 N–H and O–H groups in total. The van der Waals surface area contributed by atoms with Crippen LogP contribution in [0.5, 0.6) is 0 Å². The number of aryl methyl sites for hydroxylation is 2. The van der Waals surface area contributed by atoms with Crippen LogP contribution in [0, 0.1) is 0 Å². The first-order chi connectivity index (χ1) is 6.86. The zero-order valence-electron chi connectivity index (χ0n) is 8.71. The van der Waals surface area contributed by atoms with Gasteiger partial charge in [0.05, 0.1) is 7.85 Å². The fraction of sp³-hybridized carbons (Fsp3) is 0.538. The molecule has 0 atom stereocenters. The molecule has 1 heteroatoms. The zero-order chi connectivity index (χ0) is 9.80. The largest absolute Gasteiger partial charge is 0.0774 e. The second-order valence-corrected chi connectivity index (χ2v) is 4.31. The summed E-state index contributed by atoms with van der Waals surface area (Å²) >= 11 is 0. The smallest absolute Gasteiger partial charge is 0.0699 e. The maximum atomic E-state index is 6.01. The van der Waals surface area contributed by atoms with Crippen molar-refractivity contribution < 1.29 is 0 Å². The van der Waals surface area contributed by atoms with Crippen molar-refractivity contribution in [1.82, 2.24) is 0 Å². The van der Waals surface area contributed by atoms with Gasteiger partial charge >= 0.3 is 0 Å². The van der Waals surface area contributed by atoms with Crippen LogP contribution in [0.3, 0.4) is 0 Å². The Balaban J connectivity index is 2.13. The normalized spacial score (nSPS) is 19.1. The molecule has 0 aliphatic heterocycles. The second kappa shape index (κ2) is 4.68. The third-order valence-electron chi connectivity index (χ3n) is 3.16. The minimum atomic E-state index is 0.435. The Labute approximate surface area is 88.1 Å². The van der Waals surface area contributed by atoms with E-state index in [1.54, 1.807) is 11.1 Å². The summed E-state index contributed by atoms with van der Waals surface area (Å²) in [6, 6.07) is 8.84. The number of hydrogen-bond donors (Lipinski definition) is 0. The molecular formula is C13H17B. The van der Waals surface area contributed by atoms with Gasteiger partial charge in [0.25, 0.3) is 0 Å². The van der Waals surface area contributed by atoms with E-state index in [0.29, 0.717) is 5.82 Å². The molecule has 1 aromatic rings. The molecule has 14 heavy (non-hydrogen) atoms. The van der Waals surface area contributed by atoms with Crippen LogP contribution in [0.15, 0.2) is 24.3 Å². The van der Waals surface area contributed by atoms with Crippen LogP contribution in [0.2, 0.25) is 5.82 Å². The Hall–Kier alpha value is -0.715. The average Bonchev–Trinajstić information content (AvgIpc) is 2.28. The maximum Gasteiger partial charge on any atom is 0.0699 e. The number of fused-ring (bicyclic) bond motifs is 1. The van der Waals surface area contributed by atoms with E-state index in [1.165, 1.54) is 38.5 Å². The Kier molecular flexibility index (Phi) is 3.28. The molecule has 1 aliphatic rings. The van der Waals surface area contributed by atoms with E-state index in [0.717, 1.165) is 0 Å². The second-order valence-electron chi connectivity index (χ2n) is 4.31. The summed E-state index contributed by atoms with van der Waals surface area (Å²) in [7, 11) is 6.01. The van der Waals surface area contributed by atoms with E-state index >= 15 is 0 Å². The van der Waals surface area contributed by atoms with Gasteiger partial charge in [-0.1, -0.05) is 42.9 Å². The summed E-state index contributed by atoms with van der Waals surface area (Å²) in [6.45, 7) is 0. The van der Waals surface area contributed by atoms with Gasteiger partial charge in [-0.15, -0.1) is 0 Å². The molecule has 1 aromatic carbocycles. The fourth-order valence-electron chi connectivity index (χ4n) is 2.30. The van der Waals surface area contributed by atoms with E-state index in [1.807, 2.05) is 0 Å². The lowest BCUT2D eigenvalue weighted by atomic mass is 9.80. The summed E-state index contributed by atoms with van der Waals surface area (Å²) < 4.78 is 0. The van der Waals surface area contributed by atoms with E-state index in [9.17, 15) is 0 Å². The Morgan fingerprint density at radius 2 is 1.43 bits per heavy atom. The quantitative estimate of drug-likeness (QED) is 0.542. The molecule has 0 saturated carbocycles. The highest BCUT2D eigenvalue weighted by Gasteiger charge is 2.08. The summed E-state index contributed by atoms with van der Waals surface area (Å²) in [5.74, 6) is 0.435. The molecule has 0 amide bonds. The predicted octanol–water partition coefficient (Wildman–Crippen LogP) is 3.30. The van der Waals surface area contributed by atoms with Gasteiger partial charge < -0.3 is 0 Å². The van der Waals surface area contributed by atoms with Crippen LogP contribution in [-0.4, -0.2) is 7.85 Å². The molecule has 0 saturated heterocycles. The first-order valence-corrected chi connectivity index (χ1v) is 5.68. The van der Waals surface area contributed by atoms with Crippen LogP contribution < -0.4 is 0 Å². The molecule has 1 aliphatic carbocycles. The molecule has 72 valence electrons. The minimum Gasteiger partial charge on any atom is -0.0774 e. The third-order valence-corrected chi connectivity index (χ3v) is 3.16. The minimum absolute atomic E-state index is 0.435. The Bertz CT molecular complexity index is 264. The first kappa shape index (κ1) is 9.83. The van der Waals surface area contributed by atoms with Crippen LogP contribution >= 0.6 is 0 Å². The standard InChI is InChI=1S/C13H17B/c14-13-9-3-7-11-5-1-2-6-12(11)8-4-10-13/h1-2,5-6,13H,3-4,7-10H2. The first-order valence-electron chi connectivity index (χ1n) is 5.68. The van der Waals surface area contributed by atoms with E-state index < -0.39 is 0 Å².